The van der Waals surface area contributed by atoms with Crippen LogP contribution in [0.1, 0.15) is 26.4 Å². The molecule has 10 heteroatoms. The lowest BCUT2D eigenvalue weighted by Crippen LogP contribution is -2.51. The lowest BCUT2D eigenvalue weighted by atomic mass is 10.1. The minimum atomic E-state index is -0.465. The standard InChI is InChI=1S/C26H23ClN6O3/c27-21-9-8-19(17-29-21)24(34)31-13-15-32(16-14-31)25(35)22-26(36)33(12-10-18-5-2-1-3-6-18)23-20(30-22)7-4-11-28-23/h1-9,11,17H,10,12-16H2. The van der Waals surface area contributed by atoms with Crippen LogP contribution in [0.15, 0.2) is 71.8 Å². The largest absolute Gasteiger partial charge is 0.335 e. The van der Waals surface area contributed by atoms with Crippen LogP contribution >= 0.6 is 11.6 Å². The van der Waals surface area contributed by atoms with Gasteiger partial charge in [-0.2, -0.15) is 0 Å². The predicted molar refractivity (Wildman–Crippen MR) is 135 cm³/mol. The first-order valence-corrected chi connectivity index (χ1v) is 12.0. The zero-order chi connectivity index (χ0) is 25.1. The highest BCUT2D eigenvalue weighted by Gasteiger charge is 2.28. The molecule has 9 nitrogen and oxygen atoms in total. The van der Waals surface area contributed by atoms with E-state index < -0.39 is 11.5 Å². The van der Waals surface area contributed by atoms with Crippen molar-refractivity contribution in [2.75, 3.05) is 26.2 Å². The number of hydrogen-bond acceptors (Lipinski definition) is 6. The first-order chi connectivity index (χ1) is 17.5. The summed E-state index contributed by atoms with van der Waals surface area (Å²) in [5, 5.41) is 0.314. The van der Waals surface area contributed by atoms with E-state index in [0.29, 0.717) is 61.0 Å². The Morgan fingerprint density at radius 1 is 0.861 bits per heavy atom. The fourth-order valence-corrected chi connectivity index (χ4v) is 4.37. The number of benzene rings is 1. The summed E-state index contributed by atoms with van der Waals surface area (Å²) in [5.74, 6) is -0.621. The molecule has 36 heavy (non-hydrogen) atoms. The van der Waals surface area contributed by atoms with Crippen LogP contribution in [-0.4, -0.2) is 67.3 Å². The summed E-state index contributed by atoms with van der Waals surface area (Å²) in [6.07, 6.45) is 3.66. The van der Waals surface area contributed by atoms with E-state index in [1.54, 1.807) is 40.3 Å². The average molecular weight is 503 g/mol. The number of pyridine rings is 2. The Morgan fingerprint density at radius 2 is 1.58 bits per heavy atom. The van der Waals surface area contributed by atoms with Crippen molar-refractivity contribution in [1.29, 1.82) is 0 Å². The van der Waals surface area contributed by atoms with Gasteiger partial charge in [-0.05, 0) is 36.2 Å². The second-order valence-electron chi connectivity index (χ2n) is 8.45. The molecule has 1 aromatic carbocycles. The predicted octanol–water partition coefficient (Wildman–Crippen LogP) is 2.68. The molecule has 1 fully saturated rings. The molecule has 4 aromatic rings. The lowest BCUT2D eigenvalue weighted by Gasteiger charge is -2.34. The number of amides is 2. The maximum absolute atomic E-state index is 13.4. The van der Waals surface area contributed by atoms with Crippen LogP contribution in [0, 0.1) is 0 Å². The number of carbonyl (C=O) groups is 2. The van der Waals surface area contributed by atoms with Gasteiger partial charge in [0.2, 0.25) is 0 Å². The maximum Gasteiger partial charge on any atom is 0.283 e. The number of piperazine rings is 1. The van der Waals surface area contributed by atoms with Gasteiger partial charge in [-0.15, -0.1) is 0 Å². The summed E-state index contributed by atoms with van der Waals surface area (Å²) in [4.78, 5) is 55.5. The van der Waals surface area contributed by atoms with Gasteiger partial charge >= 0.3 is 0 Å². The van der Waals surface area contributed by atoms with Gasteiger partial charge in [-0.3, -0.25) is 19.0 Å². The van der Waals surface area contributed by atoms with Crippen molar-refractivity contribution in [1.82, 2.24) is 29.3 Å². The summed E-state index contributed by atoms with van der Waals surface area (Å²) in [6, 6.07) is 16.5. The molecule has 3 aromatic heterocycles. The fourth-order valence-electron chi connectivity index (χ4n) is 4.26. The highest BCUT2D eigenvalue weighted by atomic mass is 35.5. The van der Waals surface area contributed by atoms with Crippen LogP contribution in [-0.2, 0) is 13.0 Å². The normalized spacial score (nSPS) is 13.7. The van der Waals surface area contributed by atoms with Gasteiger partial charge in [0.25, 0.3) is 17.4 Å². The number of carbonyl (C=O) groups excluding carboxylic acids is 2. The Hall–Kier alpha value is -4.11. The third-order valence-electron chi connectivity index (χ3n) is 6.20. The number of fused-ring (bicyclic) bond motifs is 1. The monoisotopic (exact) mass is 502 g/mol. The number of rotatable bonds is 5. The number of halogens is 1. The van der Waals surface area contributed by atoms with Crippen molar-refractivity contribution in [3.05, 3.63) is 99.3 Å². The molecular formula is C26H23ClN6O3. The molecule has 1 aliphatic heterocycles. The Bertz CT molecular complexity index is 1470. The van der Waals surface area contributed by atoms with E-state index in [1.165, 1.54) is 10.8 Å². The van der Waals surface area contributed by atoms with Gasteiger partial charge in [0.15, 0.2) is 11.3 Å². The molecule has 0 atom stereocenters. The van der Waals surface area contributed by atoms with Crippen molar-refractivity contribution in [2.24, 2.45) is 0 Å². The van der Waals surface area contributed by atoms with Gasteiger partial charge in [-0.25, -0.2) is 15.0 Å². The van der Waals surface area contributed by atoms with Gasteiger partial charge < -0.3 is 9.80 Å². The summed E-state index contributed by atoms with van der Waals surface area (Å²) in [5.41, 5.74) is 1.84. The molecule has 0 spiro atoms. The second kappa shape index (κ2) is 10.2. The summed E-state index contributed by atoms with van der Waals surface area (Å²) >= 11 is 5.81. The number of aryl methyl sites for hydroxylation is 2. The van der Waals surface area contributed by atoms with E-state index in [2.05, 4.69) is 15.0 Å². The third kappa shape index (κ3) is 4.83. The number of aromatic nitrogens is 4. The molecule has 0 N–H and O–H groups in total. The van der Waals surface area contributed by atoms with Crippen LogP contribution < -0.4 is 5.56 Å². The summed E-state index contributed by atoms with van der Waals surface area (Å²) < 4.78 is 1.52. The smallest absolute Gasteiger partial charge is 0.283 e. The van der Waals surface area contributed by atoms with E-state index in [4.69, 9.17) is 11.6 Å². The van der Waals surface area contributed by atoms with Crippen LogP contribution in [0.25, 0.3) is 11.2 Å². The van der Waals surface area contributed by atoms with Gasteiger partial charge in [-0.1, -0.05) is 41.9 Å². The SMILES string of the molecule is O=C(c1ccc(Cl)nc1)N1CCN(C(=O)c2nc3cccnc3n(CCc3ccccc3)c2=O)CC1. The summed E-state index contributed by atoms with van der Waals surface area (Å²) in [6.45, 7) is 1.63. The van der Waals surface area contributed by atoms with Crippen LogP contribution in [0.2, 0.25) is 5.15 Å². The number of hydrogen-bond donors (Lipinski definition) is 0. The molecule has 1 saturated heterocycles. The zero-order valence-electron chi connectivity index (χ0n) is 19.4. The minimum Gasteiger partial charge on any atom is -0.335 e. The molecule has 0 saturated carbocycles. The van der Waals surface area contributed by atoms with Crippen LogP contribution in [0.4, 0.5) is 0 Å². The van der Waals surface area contributed by atoms with E-state index in [1.807, 2.05) is 30.3 Å². The fraction of sp³-hybridized carbons (Fsp3) is 0.231. The maximum atomic E-state index is 13.4. The van der Waals surface area contributed by atoms with Crippen molar-refractivity contribution >= 4 is 34.6 Å². The topological polar surface area (TPSA) is 101 Å². The van der Waals surface area contributed by atoms with E-state index in [-0.39, 0.29) is 11.6 Å². The average Bonchev–Trinajstić information content (AvgIpc) is 2.92. The quantitative estimate of drug-likeness (QED) is 0.389. The third-order valence-corrected chi connectivity index (χ3v) is 6.42. The van der Waals surface area contributed by atoms with Gasteiger partial charge in [0.1, 0.15) is 10.7 Å². The molecule has 1 aliphatic rings. The minimum absolute atomic E-state index is 0.134. The van der Waals surface area contributed by atoms with Gasteiger partial charge in [0.05, 0.1) is 5.56 Å². The van der Waals surface area contributed by atoms with E-state index in [0.717, 1.165) is 5.56 Å². The molecule has 0 aliphatic carbocycles. The zero-order valence-corrected chi connectivity index (χ0v) is 20.1. The van der Waals surface area contributed by atoms with Crippen molar-refractivity contribution < 1.29 is 9.59 Å². The molecule has 0 unspecified atom stereocenters. The molecule has 182 valence electrons. The molecule has 4 heterocycles. The molecule has 2 amide bonds. The van der Waals surface area contributed by atoms with Crippen molar-refractivity contribution in [2.45, 2.75) is 13.0 Å². The molecule has 5 rings (SSSR count). The highest BCUT2D eigenvalue weighted by molar-refractivity contribution is 6.29. The first-order valence-electron chi connectivity index (χ1n) is 11.6. The number of nitrogens with zero attached hydrogens (tertiary/aromatic N) is 6. The van der Waals surface area contributed by atoms with Crippen molar-refractivity contribution in [3.63, 3.8) is 0 Å². The Balaban J connectivity index is 1.35. The van der Waals surface area contributed by atoms with Crippen molar-refractivity contribution in [3.8, 4) is 0 Å². The van der Waals surface area contributed by atoms with Crippen LogP contribution in [0.5, 0.6) is 0 Å². The Kier molecular flexibility index (Phi) is 6.73. The molecule has 0 bridgehead atoms. The Labute approximate surface area is 212 Å². The first kappa shape index (κ1) is 23.6. The molecule has 0 radical (unpaired) electrons. The highest BCUT2D eigenvalue weighted by Crippen LogP contribution is 2.14. The summed E-state index contributed by atoms with van der Waals surface area (Å²) in [7, 11) is 0. The second-order valence-corrected chi connectivity index (χ2v) is 8.84. The van der Waals surface area contributed by atoms with E-state index in [9.17, 15) is 14.4 Å². The Morgan fingerprint density at radius 3 is 2.28 bits per heavy atom. The van der Waals surface area contributed by atoms with E-state index >= 15 is 0 Å². The van der Waals surface area contributed by atoms with Gasteiger partial charge in [0, 0.05) is 45.1 Å². The molecular weight excluding hydrogens is 480 g/mol. The lowest BCUT2D eigenvalue weighted by molar-refractivity contribution is 0.0531. The van der Waals surface area contributed by atoms with Crippen LogP contribution in [0.3, 0.4) is 0 Å².